The van der Waals surface area contributed by atoms with E-state index in [0.29, 0.717) is 5.13 Å². The first-order valence-electron chi connectivity index (χ1n) is 11.8. The Morgan fingerprint density at radius 2 is 1.30 bits per heavy atom. The third-order valence-corrected chi connectivity index (χ3v) is 6.35. The predicted molar refractivity (Wildman–Crippen MR) is 146 cm³/mol. The van der Waals surface area contributed by atoms with E-state index in [1.165, 1.54) is 11.3 Å². The van der Waals surface area contributed by atoms with Crippen molar-refractivity contribution in [2.45, 2.75) is 31.9 Å². The largest absolute Gasteiger partial charge is 0.478 e. The Balaban J connectivity index is 1.82. The van der Waals surface area contributed by atoms with E-state index >= 15 is 0 Å². The number of aliphatic carboxylic acids is 1. The zero-order valence-electron chi connectivity index (χ0n) is 20.8. The average molecular weight is 513 g/mol. The molecular weight excluding hydrogens is 484 g/mol. The van der Waals surface area contributed by atoms with Gasteiger partial charge in [0.05, 0.1) is 11.3 Å². The minimum Gasteiger partial charge on any atom is -0.478 e. The van der Waals surface area contributed by atoms with Crippen LogP contribution in [0.4, 0.5) is 5.13 Å². The number of esters is 1. The summed E-state index contributed by atoms with van der Waals surface area (Å²) in [6, 6.07) is 30.1. The minimum atomic E-state index is -1.26. The normalized spacial score (nSPS) is 12.1. The molecule has 0 atom stereocenters. The molecule has 0 unspecified atom stereocenters. The monoisotopic (exact) mass is 512 g/mol. The zero-order valence-corrected chi connectivity index (χ0v) is 21.7. The molecule has 1 aromatic heterocycles. The van der Waals surface area contributed by atoms with Crippen molar-refractivity contribution in [1.82, 2.24) is 4.98 Å². The summed E-state index contributed by atoms with van der Waals surface area (Å²) in [6.07, 6.45) is 0.977. The summed E-state index contributed by atoms with van der Waals surface area (Å²) in [5, 5.41) is 15.6. The number of carbonyl (C=O) groups is 2. The van der Waals surface area contributed by atoms with Gasteiger partial charge >= 0.3 is 11.9 Å². The number of nitrogens with zero attached hydrogens (tertiary/aromatic N) is 1. The Morgan fingerprint density at radius 1 is 0.838 bits per heavy atom. The SMILES string of the molecule is CC(C)(C)OC(=O)C=C(C(=O)O)c1csc(NC(c2ccccc2)(c2ccccc2)c2ccccc2)n1. The minimum absolute atomic E-state index is 0.175. The lowest BCUT2D eigenvalue weighted by Crippen LogP contribution is -2.38. The lowest BCUT2D eigenvalue weighted by molar-refractivity contribution is -0.148. The number of rotatable bonds is 8. The Hall–Kier alpha value is -4.23. The van der Waals surface area contributed by atoms with Crippen LogP contribution >= 0.6 is 11.3 Å². The third-order valence-electron chi connectivity index (χ3n) is 5.59. The second kappa shape index (κ2) is 10.8. The van der Waals surface area contributed by atoms with Crippen LogP contribution in [0.2, 0.25) is 0 Å². The molecule has 2 N–H and O–H groups in total. The molecule has 0 saturated carbocycles. The van der Waals surface area contributed by atoms with Crippen LogP contribution in [-0.4, -0.2) is 27.6 Å². The zero-order chi connectivity index (χ0) is 26.5. The summed E-state index contributed by atoms with van der Waals surface area (Å²) >= 11 is 1.27. The Bertz CT molecular complexity index is 1300. The second-order valence-electron chi connectivity index (χ2n) is 9.41. The molecule has 0 fully saturated rings. The van der Waals surface area contributed by atoms with E-state index in [0.717, 1.165) is 22.8 Å². The highest BCUT2D eigenvalue weighted by atomic mass is 32.1. The number of hydrogen-bond acceptors (Lipinski definition) is 6. The van der Waals surface area contributed by atoms with E-state index < -0.39 is 23.1 Å². The Labute approximate surface area is 220 Å². The van der Waals surface area contributed by atoms with Gasteiger partial charge in [-0.25, -0.2) is 14.6 Å². The first kappa shape index (κ1) is 25.9. The lowest BCUT2D eigenvalue weighted by atomic mass is 9.77. The molecule has 0 saturated heterocycles. The van der Waals surface area contributed by atoms with Crippen LogP contribution in [-0.2, 0) is 19.9 Å². The molecule has 37 heavy (non-hydrogen) atoms. The first-order chi connectivity index (χ1) is 17.7. The summed E-state index contributed by atoms with van der Waals surface area (Å²) in [5.74, 6) is -2.00. The van der Waals surface area contributed by atoms with Gasteiger partial charge in [-0.05, 0) is 37.5 Å². The quantitative estimate of drug-likeness (QED) is 0.162. The summed E-state index contributed by atoms with van der Waals surface area (Å²) < 4.78 is 5.28. The maximum absolute atomic E-state index is 12.3. The highest BCUT2D eigenvalue weighted by Gasteiger charge is 2.37. The summed E-state index contributed by atoms with van der Waals surface area (Å²) in [5.41, 5.74) is 1.37. The standard InChI is InChI=1S/C30H28N2O4S/c1-29(2,3)36-26(33)19-24(27(34)35)25-20-37-28(31-25)32-30(21-13-7-4-8-14-21,22-15-9-5-10-16-22)23-17-11-6-12-18-23/h4-20H,1-3H3,(H,31,32)(H,34,35). The molecule has 7 heteroatoms. The summed E-state index contributed by atoms with van der Waals surface area (Å²) in [7, 11) is 0. The van der Waals surface area contributed by atoms with Crippen LogP contribution in [0.1, 0.15) is 43.2 Å². The molecule has 1 heterocycles. The molecule has 4 rings (SSSR count). The van der Waals surface area contributed by atoms with Crippen molar-refractivity contribution in [1.29, 1.82) is 0 Å². The van der Waals surface area contributed by atoms with Crippen LogP contribution in [0.25, 0.3) is 5.57 Å². The molecule has 0 radical (unpaired) electrons. The number of carboxylic acids is 1. The maximum atomic E-state index is 12.3. The molecule has 0 aliphatic rings. The van der Waals surface area contributed by atoms with E-state index in [1.807, 2.05) is 91.0 Å². The van der Waals surface area contributed by atoms with Crippen LogP contribution in [0.5, 0.6) is 0 Å². The lowest BCUT2D eigenvalue weighted by Gasteiger charge is -2.36. The van der Waals surface area contributed by atoms with Gasteiger partial charge in [0.2, 0.25) is 0 Å². The molecule has 188 valence electrons. The number of benzene rings is 3. The Kier molecular flexibility index (Phi) is 7.55. The van der Waals surface area contributed by atoms with E-state index in [4.69, 9.17) is 4.74 Å². The molecular formula is C30H28N2O4S. The van der Waals surface area contributed by atoms with Gasteiger partial charge in [0.25, 0.3) is 0 Å². The molecule has 3 aromatic carbocycles. The fourth-order valence-corrected chi connectivity index (χ4v) is 4.86. The van der Waals surface area contributed by atoms with E-state index in [2.05, 4.69) is 10.3 Å². The summed E-state index contributed by atoms with van der Waals surface area (Å²) in [4.78, 5) is 29.0. The van der Waals surface area contributed by atoms with E-state index in [9.17, 15) is 14.7 Å². The first-order valence-corrected chi connectivity index (χ1v) is 12.7. The number of ether oxygens (including phenoxy) is 1. The summed E-state index contributed by atoms with van der Waals surface area (Å²) in [6.45, 7) is 5.17. The van der Waals surface area contributed by atoms with E-state index in [1.54, 1.807) is 26.2 Å². The van der Waals surface area contributed by atoms with Gasteiger partial charge in [-0.2, -0.15) is 0 Å². The van der Waals surface area contributed by atoms with Crippen molar-refractivity contribution < 1.29 is 19.4 Å². The predicted octanol–water partition coefficient (Wildman–Crippen LogP) is 6.36. The molecule has 0 spiro atoms. The number of carboxylic acid groups (broad SMARTS) is 1. The van der Waals surface area contributed by atoms with Crippen molar-refractivity contribution in [3.8, 4) is 0 Å². The van der Waals surface area contributed by atoms with Gasteiger partial charge in [0.1, 0.15) is 11.1 Å². The van der Waals surface area contributed by atoms with Gasteiger partial charge in [-0.15, -0.1) is 11.3 Å². The Morgan fingerprint density at radius 3 is 1.70 bits per heavy atom. The van der Waals surface area contributed by atoms with Crippen molar-refractivity contribution in [2.24, 2.45) is 0 Å². The molecule has 4 aromatic rings. The third kappa shape index (κ3) is 5.95. The number of anilines is 1. The van der Waals surface area contributed by atoms with Crippen molar-refractivity contribution in [2.75, 3.05) is 5.32 Å². The molecule has 6 nitrogen and oxygen atoms in total. The molecule has 0 aliphatic heterocycles. The van der Waals surface area contributed by atoms with Gasteiger partial charge in [-0.1, -0.05) is 91.0 Å². The number of nitrogens with one attached hydrogen (secondary N) is 1. The van der Waals surface area contributed by atoms with Gasteiger partial charge in [0, 0.05) is 11.5 Å². The van der Waals surface area contributed by atoms with Crippen LogP contribution in [0.3, 0.4) is 0 Å². The smallest absolute Gasteiger partial charge is 0.338 e. The van der Waals surface area contributed by atoms with Crippen LogP contribution in [0, 0.1) is 0 Å². The number of thiazole rings is 1. The van der Waals surface area contributed by atoms with Gasteiger partial charge < -0.3 is 15.2 Å². The number of hydrogen-bond donors (Lipinski definition) is 2. The topological polar surface area (TPSA) is 88.5 Å². The second-order valence-corrected chi connectivity index (χ2v) is 10.3. The number of aromatic nitrogens is 1. The number of carbonyl (C=O) groups excluding carboxylic acids is 1. The van der Waals surface area contributed by atoms with Crippen molar-refractivity contribution in [3.63, 3.8) is 0 Å². The molecule has 0 bridgehead atoms. The van der Waals surface area contributed by atoms with Crippen molar-refractivity contribution in [3.05, 3.63) is 125 Å². The van der Waals surface area contributed by atoms with Gasteiger partial charge in [-0.3, -0.25) is 0 Å². The fourth-order valence-electron chi connectivity index (χ4n) is 4.09. The van der Waals surface area contributed by atoms with Gasteiger partial charge in [0.15, 0.2) is 5.13 Å². The van der Waals surface area contributed by atoms with Crippen LogP contribution in [0.15, 0.2) is 102 Å². The highest BCUT2D eigenvalue weighted by molar-refractivity contribution is 7.13. The van der Waals surface area contributed by atoms with Crippen molar-refractivity contribution >= 4 is 34.0 Å². The highest BCUT2D eigenvalue weighted by Crippen LogP contribution is 2.40. The molecule has 0 amide bonds. The fraction of sp³-hybridized carbons (Fsp3) is 0.167. The van der Waals surface area contributed by atoms with E-state index in [-0.39, 0.29) is 11.3 Å². The maximum Gasteiger partial charge on any atom is 0.338 e. The average Bonchev–Trinajstić information content (AvgIpc) is 3.34. The van der Waals surface area contributed by atoms with Crippen LogP contribution < -0.4 is 5.32 Å². The molecule has 0 aliphatic carbocycles.